The number of nitrogens with zero attached hydrogens (tertiary/aromatic N) is 1. The molecule has 1 aromatic carbocycles. The highest BCUT2D eigenvalue weighted by Crippen LogP contribution is 2.62. The van der Waals surface area contributed by atoms with Crippen LogP contribution in [-0.2, 0) is 11.3 Å². The van der Waals surface area contributed by atoms with Crippen LogP contribution >= 0.6 is 0 Å². The Morgan fingerprint density at radius 2 is 1.80 bits per heavy atom. The number of hydrogen-bond acceptors (Lipinski definition) is 2. The van der Waals surface area contributed by atoms with E-state index in [1.807, 2.05) is 35.2 Å². The lowest BCUT2D eigenvalue weighted by atomic mass is 10.0. The first-order chi connectivity index (χ1) is 9.74. The number of likely N-dealkylation sites (tertiary alicyclic amines) is 1. The van der Waals surface area contributed by atoms with Gasteiger partial charge in [0.1, 0.15) is 6.61 Å². The Hall–Kier alpha value is -1.51. The van der Waals surface area contributed by atoms with Crippen molar-refractivity contribution in [3.8, 4) is 0 Å². The molecule has 2 saturated carbocycles. The maximum atomic E-state index is 12.1. The van der Waals surface area contributed by atoms with Crippen LogP contribution in [0.25, 0.3) is 0 Å². The van der Waals surface area contributed by atoms with Crippen molar-refractivity contribution >= 4 is 6.09 Å². The lowest BCUT2D eigenvalue weighted by molar-refractivity contribution is 0.101. The number of rotatable bonds is 2. The van der Waals surface area contributed by atoms with Crippen molar-refractivity contribution in [1.29, 1.82) is 0 Å². The van der Waals surface area contributed by atoms with Gasteiger partial charge in [-0.15, -0.1) is 0 Å². The van der Waals surface area contributed by atoms with Crippen LogP contribution < -0.4 is 0 Å². The lowest BCUT2D eigenvalue weighted by Gasteiger charge is -2.18. The zero-order valence-electron chi connectivity index (χ0n) is 11.8. The van der Waals surface area contributed by atoms with Gasteiger partial charge in [-0.3, -0.25) is 0 Å². The predicted molar refractivity (Wildman–Crippen MR) is 76.1 cm³/mol. The van der Waals surface area contributed by atoms with E-state index in [9.17, 15) is 4.79 Å². The summed E-state index contributed by atoms with van der Waals surface area (Å²) in [7, 11) is 0. The van der Waals surface area contributed by atoms with Gasteiger partial charge in [0, 0.05) is 13.1 Å². The summed E-state index contributed by atoms with van der Waals surface area (Å²) in [5.41, 5.74) is 1.76. The second-order valence-corrected chi connectivity index (χ2v) is 6.87. The topological polar surface area (TPSA) is 29.5 Å². The van der Waals surface area contributed by atoms with E-state index in [-0.39, 0.29) is 6.09 Å². The quantitative estimate of drug-likeness (QED) is 0.824. The third-order valence-electron chi connectivity index (χ3n) is 5.39. The van der Waals surface area contributed by atoms with Gasteiger partial charge in [0.2, 0.25) is 0 Å². The van der Waals surface area contributed by atoms with Crippen LogP contribution in [0.5, 0.6) is 0 Å². The highest BCUT2D eigenvalue weighted by atomic mass is 16.6. The Labute approximate surface area is 119 Å². The van der Waals surface area contributed by atoms with Crippen molar-refractivity contribution in [1.82, 2.24) is 4.90 Å². The fraction of sp³-hybridized carbons (Fsp3) is 0.588. The Balaban J connectivity index is 1.30. The van der Waals surface area contributed by atoms with Gasteiger partial charge in [0.05, 0.1) is 0 Å². The molecule has 0 bridgehead atoms. The Bertz CT molecular complexity index is 493. The molecule has 106 valence electrons. The summed E-state index contributed by atoms with van der Waals surface area (Å²) < 4.78 is 5.43. The van der Waals surface area contributed by atoms with E-state index in [4.69, 9.17) is 4.74 Å². The van der Waals surface area contributed by atoms with E-state index in [0.29, 0.717) is 12.0 Å². The Kier molecular flexibility index (Phi) is 2.76. The molecule has 3 nitrogen and oxygen atoms in total. The average Bonchev–Trinajstić information content (AvgIpc) is 2.96. The molecule has 1 heterocycles. The smallest absolute Gasteiger partial charge is 0.410 e. The largest absolute Gasteiger partial charge is 0.445 e. The fourth-order valence-corrected chi connectivity index (χ4v) is 4.14. The minimum absolute atomic E-state index is 0.131. The zero-order valence-corrected chi connectivity index (χ0v) is 11.8. The highest BCUT2D eigenvalue weighted by molar-refractivity contribution is 5.68. The van der Waals surface area contributed by atoms with Crippen molar-refractivity contribution in [2.24, 2.45) is 17.3 Å². The van der Waals surface area contributed by atoms with Crippen LogP contribution in [0.2, 0.25) is 0 Å². The van der Waals surface area contributed by atoms with Crippen LogP contribution in [0.3, 0.4) is 0 Å². The minimum atomic E-state index is -0.131. The molecule has 2 atom stereocenters. The van der Waals surface area contributed by atoms with E-state index < -0.39 is 0 Å². The standard InChI is InChI=1S/C17H21NO2/c19-16(20-12-13-4-2-1-3-5-13)18-10-14-8-17(6-7-17)9-15(14)11-18/h1-5,14-15H,6-12H2/t14-,15+. The third kappa shape index (κ3) is 2.19. The van der Waals surface area contributed by atoms with Gasteiger partial charge in [-0.25, -0.2) is 4.79 Å². The molecule has 0 radical (unpaired) electrons. The van der Waals surface area contributed by atoms with Crippen LogP contribution in [0.1, 0.15) is 31.2 Å². The second-order valence-electron chi connectivity index (χ2n) is 6.87. The van der Waals surface area contributed by atoms with Gasteiger partial charge in [0.15, 0.2) is 0 Å². The van der Waals surface area contributed by atoms with Crippen LogP contribution in [0.4, 0.5) is 4.79 Å². The normalized spacial score (nSPS) is 29.5. The van der Waals surface area contributed by atoms with Crippen molar-refractivity contribution in [2.75, 3.05) is 13.1 Å². The highest BCUT2D eigenvalue weighted by Gasteiger charge is 2.55. The zero-order chi connectivity index (χ0) is 13.6. The van der Waals surface area contributed by atoms with Gasteiger partial charge in [0.25, 0.3) is 0 Å². The molecular weight excluding hydrogens is 250 g/mol. The summed E-state index contributed by atoms with van der Waals surface area (Å²) in [6.45, 7) is 2.22. The first-order valence-electron chi connectivity index (χ1n) is 7.70. The molecule has 2 aliphatic carbocycles. The van der Waals surface area contributed by atoms with Gasteiger partial charge >= 0.3 is 6.09 Å². The fourth-order valence-electron chi connectivity index (χ4n) is 4.14. The van der Waals surface area contributed by atoms with E-state index in [2.05, 4.69) is 0 Å². The molecule has 1 aromatic rings. The summed E-state index contributed by atoms with van der Waals surface area (Å²) in [6, 6.07) is 9.89. The number of benzene rings is 1. The van der Waals surface area contributed by atoms with E-state index in [1.54, 1.807) is 0 Å². The number of ether oxygens (including phenoxy) is 1. The summed E-state index contributed by atoms with van der Waals surface area (Å²) in [4.78, 5) is 14.1. The average molecular weight is 271 g/mol. The number of carbonyl (C=O) groups excluding carboxylic acids is 1. The van der Waals surface area contributed by atoms with Crippen molar-refractivity contribution in [3.05, 3.63) is 35.9 Å². The van der Waals surface area contributed by atoms with Crippen molar-refractivity contribution in [3.63, 3.8) is 0 Å². The maximum Gasteiger partial charge on any atom is 0.410 e. The monoisotopic (exact) mass is 271 g/mol. The number of carbonyl (C=O) groups is 1. The van der Waals surface area contributed by atoms with E-state index in [0.717, 1.165) is 30.5 Å². The molecule has 0 aromatic heterocycles. The molecule has 3 heteroatoms. The third-order valence-corrected chi connectivity index (χ3v) is 5.39. The van der Waals surface area contributed by atoms with Gasteiger partial charge in [-0.1, -0.05) is 30.3 Å². The van der Waals surface area contributed by atoms with Crippen LogP contribution in [0, 0.1) is 17.3 Å². The molecule has 1 saturated heterocycles. The van der Waals surface area contributed by atoms with Crippen molar-refractivity contribution in [2.45, 2.75) is 32.3 Å². The molecule has 1 spiro atoms. The van der Waals surface area contributed by atoms with E-state index >= 15 is 0 Å². The summed E-state index contributed by atoms with van der Waals surface area (Å²) in [6.07, 6.45) is 5.42. The molecule has 0 N–H and O–H groups in total. The van der Waals surface area contributed by atoms with Crippen molar-refractivity contribution < 1.29 is 9.53 Å². The van der Waals surface area contributed by atoms with E-state index in [1.165, 1.54) is 25.7 Å². The van der Waals surface area contributed by atoms with Gasteiger partial charge < -0.3 is 9.64 Å². The summed E-state index contributed by atoms with van der Waals surface area (Å²) in [5, 5.41) is 0. The van der Waals surface area contributed by atoms with Crippen LogP contribution in [-0.4, -0.2) is 24.1 Å². The molecular formula is C17H21NO2. The first kappa shape index (κ1) is 12.2. The molecule has 1 aliphatic heterocycles. The number of fused-ring (bicyclic) bond motifs is 1. The molecule has 0 unspecified atom stereocenters. The second kappa shape index (κ2) is 4.51. The predicted octanol–water partition coefficient (Wildman–Crippen LogP) is 3.45. The van der Waals surface area contributed by atoms with Crippen LogP contribution in [0.15, 0.2) is 30.3 Å². The molecule has 3 aliphatic rings. The maximum absolute atomic E-state index is 12.1. The Morgan fingerprint density at radius 3 is 2.40 bits per heavy atom. The molecule has 20 heavy (non-hydrogen) atoms. The Morgan fingerprint density at radius 1 is 1.15 bits per heavy atom. The first-order valence-corrected chi connectivity index (χ1v) is 7.70. The summed E-state index contributed by atoms with van der Waals surface area (Å²) in [5.74, 6) is 1.48. The molecule has 1 amide bonds. The molecule has 3 fully saturated rings. The lowest BCUT2D eigenvalue weighted by Crippen LogP contribution is -2.30. The minimum Gasteiger partial charge on any atom is -0.445 e. The SMILES string of the molecule is O=C(OCc1ccccc1)N1C[C@@H]2CC3(CC3)C[C@@H]2C1. The molecule has 4 rings (SSSR count). The van der Waals surface area contributed by atoms with Gasteiger partial charge in [-0.05, 0) is 48.5 Å². The van der Waals surface area contributed by atoms with Gasteiger partial charge in [-0.2, -0.15) is 0 Å². The number of hydrogen-bond donors (Lipinski definition) is 0. The summed E-state index contributed by atoms with van der Waals surface area (Å²) >= 11 is 0. The number of amides is 1.